The summed E-state index contributed by atoms with van der Waals surface area (Å²) in [4.78, 5) is 27.1. The molecule has 0 radical (unpaired) electrons. The van der Waals surface area contributed by atoms with E-state index in [1.54, 1.807) is 20.8 Å². The SMILES string of the molecule is CC(C)(C)OC(=O)c1c(NC(=O)NCc2c(C(F)(F)F)sc3c2CCCC3)sc2c1CCCCC2. The van der Waals surface area contributed by atoms with Gasteiger partial charge in [0.1, 0.15) is 15.5 Å². The molecule has 0 saturated carbocycles. The van der Waals surface area contributed by atoms with Crippen LogP contribution < -0.4 is 10.6 Å². The number of halogens is 3. The lowest BCUT2D eigenvalue weighted by atomic mass is 9.94. The normalized spacial score (nSPS) is 16.2. The molecule has 2 amide bonds. The second-order valence-corrected chi connectivity index (χ2v) is 12.3. The maximum absolute atomic E-state index is 13.7. The second kappa shape index (κ2) is 10.1. The number of hydrogen-bond acceptors (Lipinski definition) is 5. The zero-order valence-electron chi connectivity index (χ0n) is 20.2. The number of hydrogen-bond donors (Lipinski definition) is 2. The van der Waals surface area contributed by atoms with Crippen LogP contribution in [-0.2, 0) is 43.1 Å². The lowest BCUT2D eigenvalue weighted by Gasteiger charge is -2.20. The van der Waals surface area contributed by atoms with Gasteiger partial charge < -0.3 is 10.1 Å². The monoisotopic (exact) mass is 528 g/mol. The van der Waals surface area contributed by atoms with E-state index in [1.807, 2.05) is 0 Å². The molecule has 0 saturated heterocycles. The van der Waals surface area contributed by atoms with E-state index in [0.717, 1.165) is 77.2 Å². The van der Waals surface area contributed by atoms with E-state index in [1.165, 1.54) is 11.3 Å². The van der Waals surface area contributed by atoms with Gasteiger partial charge in [-0.1, -0.05) is 6.42 Å². The minimum absolute atomic E-state index is 0.168. The number of anilines is 1. The van der Waals surface area contributed by atoms with Gasteiger partial charge in [0.15, 0.2) is 0 Å². The molecular weight excluding hydrogens is 497 g/mol. The number of thiophene rings is 2. The van der Waals surface area contributed by atoms with Gasteiger partial charge in [0.2, 0.25) is 0 Å². The highest BCUT2D eigenvalue weighted by Gasteiger charge is 2.38. The Morgan fingerprint density at radius 1 is 0.886 bits per heavy atom. The number of amides is 2. The zero-order valence-corrected chi connectivity index (χ0v) is 21.9. The number of ether oxygens (including phenoxy) is 1. The Kier molecular flexibility index (Phi) is 7.52. The summed E-state index contributed by atoms with van der Waals surface area (Å²) >= 11 is 2.16. The molecule has 0 aliphatic heterocycles. The van der Waals surface area contributed by atoms with Crippen molar-refractivity contribution in [1.29, 1.82) is 0 Å². The Morgan fingerprint density at radius 2 is 1.49 bits per heavy atom. The number of carbonyl (C=O) groups excluding carboxylic acids is 2. The Hall–Kier alpha value is -2.07. The summed E-state index contributed by atoms with van der Waals surface area (Å²) in [7, 11) is 0. The van der Waals surface area contributed by atoms with Gasteiger partial charge in [0, 0.05) is 16.3 Å². The number of nitrogens with one attached hydrogen (secondary N) is 2. The Balaban J connectivity index is 1.55. The topological polar surface area (TPSA) is 67.4 Å². The van der Waals surface area contributed by atoms with Crippen LogP contribution >= 0.6 is 22.7 Å². The molecule has 2 aliphatic rings. The summed E-state index contributed by atoms with van der Waals surface area (Å²) in [6.07, 6.45) is 3.13. The first-order chi connectivity index (χ1) is 16.4. The maximum atomic E-state index is 13.7. The number of urea groups is 1. The number of rotatable bonds is 4. The van der Waals surface area contributed by atoms with Gasteiger partial charge in [0.05, 0.1) is 5.56 Å². The minimum Gasteiger partial charge on any atom is -0.456 e. The predicted molar refractivity (Wildman–Crippen MR) is 133 cm³/mol. The molecule has 2 heterocycles. The molecule has 0 spiro atoms. The van der Waals surface area contributed by atoms with Crippen molar-refractivity contribution in [3.63, 3.8) is 0 Å². The van der Waals surface area contributed by atoms with E-state index in [4.69, 9.17) is 4.74 Å². The predicted octanol–water partition coefficient (Wildman–Crippen LogP) is 7.25. The van der Waals surface area contributed by atoms with E-state index in [2.05, 4.69) is 10.6 Å². The van der Waals surface area contributed by atoms with Crippen LogP contribution in [0.4, 0.5) is 23.0 Å². The number of esters is 1. The van der Waals surface area contributed by atoms with Crippen LogP contribution in [0.2, 0.25) is 0 Å². The van der Waals surface area contributed by atoms with Crippen LogP contribution in [0.25, 0.3) is 0 Å². The fourth-order valence-corrected chi connectivity index (χ4v) is 7.29. The van der Waals surface area contributed by atoms with Gasteiger partial charge in [-0.2, -0.15) is 13.2 Å². The van der Waals surface area contributed by atoms with Gasteiger partial charge in [-0.3, -0.25) is 5.32 Å². The van der Waals surface area contributed by atoms with Crippen molar-refractivity contribution >= 4 is 39.7 Å². The van der Waals surface area contributed by atoms with Gasteiger partial charge in [0.25, 0.3) is 0 Å². The lowest BCUT2D eigenvalue weighted by Crippen LogP contribution is -2.30. The average Bonchev–Trinajstić information content (AvgIpc) is 3.21. The van der Waals surface area contributed by atoms with Crippen molar-refractivity contribution in [2.75, 3.05) is 5.32 Å². The minimum atomic E-state index is -4.45. The third-order valence-electron chi connectivity index (χ3n) is 6.22. The van der Waals surface area contributed by atoms with E-state index in [9.17, 15) is 22.8 Å². The lowest BCUT2D eigenvalue weighted by molar-refractivity contribution is -0.135. The van der Waals surface area contributed by atoms with Crippen molar-refractivity contribution < 1.29 is 27.5 Å². The molecule has 0 fully saturated rings. The van der Waals surface area contributed by atoms with Gasteiger partial charge >= 0.3 is 18.2 Å². The number of fused-ring (bicyclic) bond motifs is 2. The van der Waals surface area contributed by atoms with Crippen LogP contribution in [0.3, 0.4) is 0 Å². The second-order valence-electron chi connectivity index (χ2n) is 10.1. The van der Waals surface area contributed by atoms with Crippen molar-refractivity contribution in [3.05, 3.63) is 36.9 Å². The number of aryl methyl sites for hydroxylation is 2. The molecule has 2 aromatic heterocycles. The Labute approximate surface area is 211 Å². The molecule has 4 rings (SSSR count). The van der Waals surface area contributed by atoms with Crippen LogP contribution in [0, 0.1) is 0 Å². The smallest absolute Gasteiger partial charge is 0.425 e. The largest absolute Gasteiger partial charge is 0.456 e. The van der Waals surface area contributed by atoms with Crippen molar-refractivity contribution in [2.24, 2.45) is 0 Å². The molecule has 2 aliphatic carbocycles. The summed E-state index contributed by atoms with van der Waals surface area (Å²) < 4.78 is 46.7. The molecular formula is C25H31F3N2O3S2. The fourth-order valence-electron chi connectivity index (χ4n) is 4.74. The molecule has 2 N–H and O–H groups in total. The molecule has 10 heteroatoms. The quantitative estimate of drug-likeness (QED) is 0.324. The first-order valence-electron chi connectivity index (χ1n) is 12.1. The number of alkyl halides is 3. The summed E-state index contributed by atoms with van der Waals surface area (Å²) in [6.45, 7) is 5.15. The van der Waals surface area contributed by atoms with E-state index < -0.39 is 28.7 Å². The third-order valence-corrected chi connectivity index (χ3v) is 8.80. The van der Waals surface area contributed by atoms with Gasteiger partial charge in [-0.05, 0) is 88.8 Å². The van der Waals surface area contributed by atoms with Crippen molar-refractivity contribution in [2.45, 2.75) is 96.9 Å². The molecule has 192 valence electrons. The standard InChI is InChI=1S/C25H31F3N2O3S2/c1-24(2,3)33-22(31)19-15-10-5-4-6-11-18(15)35-21(19)30-23(32)29-13-16-14-9-7-8-12-17(14)34-20(16)25(26,27)28/h4-13H2,1-3H3,(H2,29,30,32). The number of carbonyl (C=O) groups is 2. The summed E-state index contributed by atoms with van der Waals surface area (Å²) in [6, 6.07) is -0.630. The van der Waals surface area contributed by atoms with E-state index >= 15 is 0 Å². The molecule has 0 unspecified atom stereocenters. The Bertz CT molecular complexity index is 1110. The summed E-state index contributed by atoms with van der Waals surface area (Å²) in [5.41, 5.74) is 1.50. The van der Waals surface area contributed by atoms with E-state index in [0.29, 0.717) is 23.4 Å². The first kappa shape index (κ1) is 26.0. The first-order valence-corrected chi connectivity index (χ1v) is 13.7. The molecule has 0 bridgehead atoms. The highest BCUT2D eigenvalue weighted by molar-refractivity contribution is 7.17. The average molecular weight is 529 g/mol. The van der Waals surface area contributed by atoms with Gasteiger partial charge in [-0.25, -0.2) is 9.59 Å². The van der Waals surface area contributed by atoms with Crippen LogP contribution in [0.5, 0.6) is 0 Å². The molecule has 0 atom stereocenters. The van der Waals surface area contributed by atoms with E-state index in [-0.39, 0.29) is 12.1 Å². The highest BCUT2D eigenvalue weighted by atomic mass is 32.1. The fraction of sp³-hybridized carbons (Fsp3) is 0.600. The molecule has 0 aromatic carbocycles. The van der Waals surface area contributed by atoms with Crippen LogP contribution in [0.15, 0.2) is 0 Å². The molecule has 2 aromatic rings. The molecule has 5 nitrogen and oxygen atoms in total. The highest BCUT2D eigenvalue weighted by Crippen LogP contribution is 2.43. The zero-order chi connectivity index (χ0) is 25.4. The summed E-state index contributed by atoms with van der Waals surface area (Å²) in [5.74, 6) is -0.488. The maximum Gasteiger partial charge on any atom is 0.425 e. The molecule has 35 heavy (non-hydrogen) atoms. The van der Waals surface area contributed by atoms with Crippen molar-refractivity contribution in [3.8, 4) is 0 Å². The van der Waals surface area contributed by atoms with Crippen LogP contribution in [0.1, 0.15) is 94.6 Å². The van der Waals surface area contributed by atoms with Crippen molar-refractivity contribution in [1.82, 2.24) is 5.32 Å². The van der Waals surface area contributed by atoms with Crippen LogP contribution in [-0.4, -0.2) is 17.6 Å². The summed E-state index contributed by atoms with van der Waals surface area (Å²) in [5, 5.41) is 5.76. The third kappa shape index (κ3) is 6.02. The Morgan fingerprint density at radius 3 is 2.17 bits per heavy atom. The van der Waals surface area contributed by atoms with Gasteiger partial charge in [-0.15, -0.1) is 22.7 Å².